The normalized spacial score (nSPS) is 13.9. The van der Waals surface area contributed by atoms with E-state index in [1.165, 1.54) is 11.5 Å². The fourth-order valence-corrected chi connectivity index (χ4v) is 2.35. The van der Waals surface area contributed by atoms with E-state index in [4.69, 9.17) is 5.84 Å². The Morgan fingerprint density at radius 2 is 2.18 bits per heavy atom. The summed E-state index contributed by atoms with van der Waals surface area (Å²) < 4.78 is 39.9. The van der Waals surface area contributed by atoms with E-state index >= 15 is 0 Å². The van der Waals surface area contributed by atoms with E-state index in [0.29, 0.717) is 12.8 Å². The summed E-state index contributed by atoms with van der Waals surface area (Å²) in [4.78, 5) is 0.831. The predicted octanol–water partition coefficient (Wildman–Crippen LogP) is 2.34. The molecule has 0 spiro atoms. The topological polar surface area (TPSA) is 63.8 Å². The van der Waals surface area contributed by atoms with Crippen molar-refractivity contribution in [2.24, 2.45) is 5.84 Å². The number of rotatable bonds is 6. The van der Waals surface area contributed by atoms with Gasteiger partial charge in [0.2, 0.25) is 0 Å². The molecule has 0 aliphatic heterocycles. The van der Waals surface area contributed by atoms with Crippen LogP contribution in [0.1, 0.15) is 42.8 Å². The minimum atomic E-state index is -4.11. The molecule has 0 aliphatic rings. The SMILES string of the molecule is CCc1nnsc1C(CCCC(F)(F)F)NN. The number of aromatic nitrogens is 2. The molecule has 0 amide bonds. The zero-order valence-corrected chi connectivity index (χ0v) is 10.2. The number of nitrogens with one attached hydrogen (secondary N) is 1. The summed E-state index contributed by atoms with van der Waals surface area (Å²) >= 11 is 1.18. The molecule has 1 heterocycles. The Labute approximate surface area is 102 Å². The van der Waals surface area contributed by atoms with E-state index < -0.39 is 12.6 Å². The molecule has 3 N–H and O–H groups in total. The van der Waals surface area contributed by atoms with Crippen LogP contribution in [0.5, 0.6) is 0 Å². The lowest BCUT2D eigenvalue weighted by molar-refractivity contribution is -0.135. The molecular formula is C9H15F3N4S. The highest BCUT2D eigenvalue weighted by Gasteiger charge is 2.27. The van der Waals surface area contributed by atoms with E-state index in [1.807, 2.05) is 6.92 Å². The third kappa shape index (κ3) is 4.57. The lowest BCUT2D eigenvalue weighted by atomic mass is 10.1. The third-order valence-corrected chi connectivity index (χ3v) is 3.27. The van der Waals surface area contributed by atoms with Gasteiger partial charge in [0.25, 0.3) is 0 Å². The minimum Gasteiger partial charge on any atom is -0.271 e. The van der Waals surface area contributed by atoms with E-state index in [1.54, 1.807) is 0 Å². The maximum atomic E-state index is 12.0. The van der Waals surface area contributed by atoms with Gasteiger partial charge in [0, 0.05) is 6.42 Å². The Morgan fingerprint density at radius 3 is 2.71 bits per heavy atom. The molecule has 0 fully saturated rings. The van der Waals surface area contributed by atoms with Crippen molar-refractivity contribution in [3.63, 3.8) is 0 Å². The van der Waals surface area contributed by atoms with Gasteiger partial charge in [-0.05, 0) is 30.8 Å². The molecular weight excluding hydrogens is 253 g/mol. The van der Waals surface area contributed by atoms with Crippen LogP contribution in [0.15, 0.2) is 0 Å². The Balaban J connectivity index is 2.54. The molecule has 4 nitrogen and oxygen atoms in total. The molecule has 0 aliphatic carbocycles. The second-order valence-electron chi connectivity index (χ2n) is 3.66. The summed E-state index contributed by atoms with van der Waals surface area (Å²) in [6.45, 7) is 1.92. The first-order valence-electron chi connectivity index (χ1n) is 5.32. The molecule has 1 unspecified atom stereocenters. The van der Waals surface area contributed by atoms with Crippen LogP contribution < -0.4 is 11.3 Å². The van der Waals surface area contributed by atoms with Gasteiger partial charge >= 0.3 is 6.18 Å². The van der Waals surface area contributed by atoms with E-state index in [-0.39, 0.29) is 12.5 Å². The summed E-state index contributed by atoms with van der Waals surface area (Å²) in [6, 6.07) is -0.299. The molecule has 1 rings (SSSR count). The largest absolute Gasteiger partial charge is 0.389 e. The van der Waals surface area contributed by atoms with Gasteiger partial charge in [0.15, 0.2) is 0 Å². The zero-order chi connectivity index (χ0) is 12.9. The van der Waals surface area contributed by atoms with Crippen LogP contribution in [-0.4, -0.2) is 15.8 Å². The predicted molar refractivity (Wildman–Crippen MR) is 59.3 cm³/mol. The molecule has 0 aromatic carbocycles. The van der Waals surface area contributed by atoms with E-state index in [2.05, 4.69) is 15.0 Å². The van der Waals surface area contributed by atoms with Crippen molar-refractivity contribution in [2.45, 2.75) is 44.8 Å². The average molecular weight is 268 g/mol. The number of halogens is 3. The molecule has 0 saturated heterocycles. The number of alkyl halides is 3. The van der Waals surface area contributed by atoms with Crippen LogP contribution in [-0.2, 0) is 6.42 Å². The fourth-order valence-electron chi connectivity index (χ4n) is 1.52. The molecule has 8 heteroatoms. The third-order valence-electron chi connectivity index (χ3n) is 2.39. The van der Waals surface area contributed by atoms with Gasteiger partial charge < -0.3 is 0 Å². The van der Waals surface area contributed by atoms with Crippen molar-refractivity contribution in [1.82, 2.24) is 15.0 Å². The van der Waals surface area contributed by atoms with Gasteiger partial charge in [0.1, 0.15) is 0 Å². The Morgan fingerprint density at radius 1 is 1.47 bits per heavy atom. The quantitative estimate of drug-likeness (QED) is 0.614. The first-order valence-corrected chi connectivity index (χ1v) is 6.09. The summed E-state index contributed by atoms with van der Waals surface area (Å²) in [5, 5.41) is 3.91. The van der Waals surface area contributed by atoms with Gasteiger partial charge in [-0.15, -0.1) is 5.10 Å². The van der Waals surface area contributed by atoms with Crippen molar-refractivity contribution in [1.29, 1.82) is 0 Å². The lowest BCUT2D eigenvalue weighted by Crippen LogP contribution is -2.28. The summed E-state index contributed by atoms with van der Waals surface area (Å²) in [5.41, 5.74) is 3.32. The number of nitrogens with two attached hydrogens (primary N) is 1. The molecule has 0 bridgehead atoms. The second kappa shape index (κ2) is 6.27. The minimum absolute atomic E-state index is 0.0411. The maximum Gasteiger partial charge on any atom is 0.389 e. The van der Waals surface area contributed by atoms with E-state index in [9.17, 15) is 13.2 Å². The van der Waals surface area contributed by atoms with Crippen molar-refractivity contribution in [3.8, 4) is 0 Å². The number of hydrogen-bond donors (Lipinski definition) is 2. The maximum absolute atomic E-state index is 12.0. The Bertz CT molecular complexity index is 339. The van der Waals surface area contributed by atoms with E-state index in [0.717, 1.165) is 10.6 Å². The van der Waals surface area contributed by atoms with Crippen LogP contribution in [0, 0.1) is 0 Å². The molecule has 17 heavy (non-hydrogen) atoms. The molecule has 1 atom stereocenters. The van der Waals surface area contributed by atoms with Crippen LogP contribution >= 0.6 is 11.5 Å². The van der Waals surface area contributed by atoms with Crippen LogP contribution in [0.25, 0.3) is 0 Å². The van der Waals surface area contributed by atoms with Crippen molar-refractivity contribution in [2.75, 3.05) is 0 Å². The molecule has 0 saturated carbocycles. The highest BCUT2D eigenvalue weighted by Crippen LogP contribution is 2.28. The number of hydrogen-bond acceptors (Lipinski definition) is 5. The highest BCUT2D eigenvalue weighted by molar-refractivity contribution is 7.05. The first-order chi connectivity index (χ1) is 7.98. The molecule has 1 aromatic heterocycles. The summed E-state index contributed by atoms with van der Waals surface area (Å²) in [7, 11) is 0. The molecule has 1 aromatic rings. The Kier molecular flexibility index (Phi) is 5.29. The van der Waals surface area contributed by atoms with Gasteiger partial charge in [-0.3, -0.25) is 11.3 Å². The lowest BCUT2D eigenvalue weighted by Gasteiger charge is -2.15. The van der Waals surface area contributed by atoms with Crippen LogP contribution in [0.3, 0.4) is 0 Å². The summed E-state index contributed by atoms with van der Waals surface area (Å²) in [6.07, 6.45) is -3.84. The van der Waals surface area contributed by atoms with Gasteiger partial charge in [0.05, 0.1) is 16.6 Å². The molecule has 98 valence electrons. The first kappa shape index (κ1) is 14.3. The summed E-state index contributed by atoms with van der Waals surface area (Å²) in [5.74, 6) is 5.36. The second-order valence-corrected chi connectivity index (χ2v) is 4.45. The fraction of sp³-hybridized carbons (Fsp3) is 0.778. The van der Waals surface area contributed by atoms with Gasteiger partial charge in [-0.2, -0.15) is 13.2 Å². The van der Waals surface area contributed by atoms with Gasteiger partial charge in [-0.1, -0.05) is 11.4 Å². The van der Waals surface area contributed by atoms with Crippen molar-refractivity contribution >= 4 is 11.5 Å². The van der Waals surface area contributed by atoms with Crippen molar-refractivity contribution in [3.05, 3.63) is 10.6 Å². The zero-order valence-electron chi connectivity index (χ0n) is 9.42. The number of aryl methyl sites for hydroxylation is 1. The monoisotopic (exact) mass is 268 g/mol. The number of hydrazine groups is 1. The Hall–Kier alpha value is -0.730. The highest BCUT2D eigenvalue weighted by atomic mass is 32.1. The average Bonchev–Trinajstić information content (AvgIpc) is 2.70. The molecule has 0 radical (unpaired) electrons. The van der Waals surface area contributed by atoms with Crippen molar-refractivity contribution < 1.29 is 13.2 Å². The van der Waals surface area contributed by atoms with Crippen LogP contribution in [0.2, 0.25) is 0 Å². The smallest absolute Gasteiger partial charge is 0.271 e. The van der Waals surface area contributed by atoms with Gasteiger partial charge in [-0.25, -0.2) is 0 Å². The standard InChI is InChI=1S/C9H15F3N4S/c1-2-6-8(17-16-15-6)7(14-13)4-3-5-9(10,11)12/h7,14H,2-5,13H2,1H3. The number of nitrogens with zero attached hydrogens (tertiary/aromatic N) is 2. The van der Waals surface area contributed by atoms with Crippen LogP contribution in [0.4, 0.5) is 13.2 Å².